The minimum atomic E-state index is -2.43. The highest BCUT2D eigenvalue weighted by Gasteiger charge is 2.14. The lowest BCUT2D eigenvalue weighted by atomic mass is 10.1. The van der Waals surface area contributed by atoms with Crippen LogP contribution in [0.25, 0.3) is 11.2 Å². The van der Waals surface area contributed by atoms with Crippen molar-refractivity contribution in [1.29, 1.82) is 0 Å². The van der Waals surface area contributed by atoms with Gasteiger partial charge in [-0.05, 0) is 30.6 Å². The van der Waals surface area contributed by atoms with Gasteiger partial charge in [0.2, 0.25) is 0 Å². The standard InChI is InChI=1S/C18H23N5O5/c1-21-16-15(17(27)22(2)18(21)28)23(10-20-16)5-3-4-19-9-14(26)11-6-12(24)8-13(25)7-11/h6-8,10,14,19,24-26H,3-5,9H2,1-2H3/i4D2,5D2. The van der Waals surface area contributed by atoms with E-state index in [1.54, 1.807) is 0 Å². The minimum absolute atomic E-state index is 0.0328. The van der Waals surface area contributed by atoms with Gasteiger partial charge in [-0.2, -0.15) is 0 Å². The van der Waals surface area contributed by atoms with Gasteiger partial charge in [-0.15, -0.1) is 0 Å². The molecule has 0 spiro atoms. The Morgan fingerprint density at radius 3 is 2.54 bits per heavy atom. The van der Waals surface area contributed by atoms with Gasteiger partial charge in [-0.3, -0.25) is 13.9 Å². The largest absolute Gasteiger partial charge is 0.508 e. The highest BCUT2D eigenvalue weighted by atomic mass is 16.3. The zero-order valence-corrected chi connectivity index (χ0v) is 15.2. The van der Waals surface area contributed by atoms with Gasteiger partial charge in [0, 0.05) is 38.7 Å². The zero-order chi connectivity index (χ0) is 24.0. The molecule has 0 radical (unpaired) electrons. The third-order valence-corrected chi connectivity index (χ3v) is 4.21. The number of imidazole rings is 1. The first kappa shape index (κ1) is 14.9. The van der Waals surface area contributed by atoms with Crippen LogP contribution < -0.4 is 16.6 Å². The molecule has 3 rings (SSSR count). The van der Waals surface area contributed by atoms with Crippen molar-refractivity contribution in [3.8, 4) is 11.5 Å². The average molecular weight is 393 g/mol. The number of phenolic OH excluding ortho intramolecular Hbond substituents is 2. The fourth-order valence-electron chi connectivity index (χ4n) is 2.75. The van der Waals surface area contributed by atoms with E-state index < -0.39 is 36.8 Å². The number of hydrogen-bond acceptors (Lipinski definition) is 7. The number of hydrogen-bond donors (Lipinski definition) is 4. The van der Waals surface area contributed by atoms with Crippen LogP contribution in [0.1, 0.15) is 23.6 Å². The average Bonchev–Trinajstić information content (AvgIpc) is 3.14. The normalized spacial score (nSPS) is 15.7. The molecule has 2 aromatic heterocycles. The van der Waals surface area contributed by atoms with E-state index in [-0.39, 0.29) is 34.8 Å². The van der Waals surface area contributed by atoms with Crippen LogP contribution in [-0.2, 0) is 20.6 Å². The van der Waals surface area contributed by atoms with Crippen LogP contribution >= 0.6 is 0 Å². The van der Waals surface area contributed by atoms with Crippen LogP contribution in [0.2, 0.25) is 0 Å². The van der Waals surface area contributed by atoms with E-state index in [1.807, 2.05) is 0 Å². The third-order valence-electron chi connectivity index (χ3n) is 4.21. The number of phenols is 2. The van der Waals surface area contributed by atoms with E-state index in [1.165, 1.54) is 26.2 Å². The fourth-order valence-corrected chi connectivity index (χ4v) is 2.75. The smallest absolute Gasteiger partial charge is 0.332 e. The molecule has 0 aliphatic rings. The number of nitrogens with zero attached hydrogens (tertiary/aromatic N) is 4. The van der Waals surface area contributed by atoms with Crippen molar-refractivity contribution in [3.63, 3.8) is 0 Å². The summed E-state index contributed by atoms with van der Waals surface area (Å²) in [5.74, 6) is -0.553. The molecule has 28 heavy (non-hydrogen) atoms. The second-order valence-corrected chi connectivity index (χ2v) is 6.18. The van der Waals surface area contributed by atoms with E-state index in [9.17, 15) is 24.9 Å². The Hall–Kier alpha value is -3.11. The highest BCUT2D eigenvalue weighted by Crippen LogP contribution is 2.24. The monoisotopic (exact) mass is 393 g/mol. The van der Waals surface area contributed by atoms with Crippen molar-refractivity contribution in [2.75, 3.05) is 13.0 Å². The van der Waals surface area contributed by atoms with E-state index in [0.29, 0.717) is 0 Å². The summed E-state index contributed by atoms with van der Waals surface area (Å²) in [5.41, 5.74) is -1.48. The summed E-state index contributed by atoms with van der Waals surface area (Å²) < 4.78 is 35.8. The van der Waals surface area contributed by atoms with Crippen molar-refractivity contribution < 1.29 is 20.8 Å². The lowest BCUT2D eigenvalue weighted by molar-refractivity contribution is 0.174. The SMILES string of the molecule is [2H]C([2H])(CC([2H])([2H])n1cnc2c1c(=O)n(C)c(=O)n2C)NCC(O)c1cc(O)cc(O)c1. The highest BCUT2D eigenvalue weighted by molar-refractivity contribution is 5.69. The molecule has 0 bridgehead atoms. The van der Waals surface area contributed by atoms with Crippen LogP contribution in [0.4, 0.5) is 0 Å². The lowest BCUT2D eigenvalue weighted by Crippen LogP contribution is -2.37. The van der Waals surface area contributed by atoms with Gasteiger partial charge in [0.1, 0.15) is 11.5 Å². The molecule has 0 saturated carbocycles. The Balaban J connectivity index is 1.84. The molecule has 3 aromatic rings. The Bertz CT molecular complexity index is 1260. The summed E-state index contributed by atoms with van der Waals surface area (Å²) in [5, 5.41) is 31.7. The number of aryl methyl sites for hydroxylation is 2. The predicted octanol–water partition coefficient (Wildman–Crippen LogP) is -0.442. The topological polar surface area (TPSA) is 135 Å². The van der Waals surface area contributed by atoms with E-state index in [4.69, 9.17) is 5.48 Å². The fraction of sp³-hybridized carbons (Fsp3) is 0.389. The molecule has 2 heterocycles. The van der Waals surface area contributed by atoms with Gasteiger partial charge < -0.3 is 25.2 Å². The van der Waals surface area contributed by atoms with Crippen LogP contribution in [-0.4, -0.2) is 47.0 Å². The van der Waals surface area contributed by atoms with Gasteiger partial charge in [-0.25, -0.2) is 9.78 Å². The second kappa shape index (κ2) is 7.87. The molecule has 1 atom stereocenters. The summed E-state index contributed by atoms with van der Waals surface area (Å²) in [6.07, 6.45) is -1.04. The third kappa shape index (κ3) is 3.78. The minimum Gasteiger partial charge on any atom is -0.508 e. The molecular formula is C18H23N5O5. The van der Waals surface area contributed by atoms with Crippen LogP contribution in [0.5, 0.6) is 11.5 Å². The molecule has 150 valence electrons. The lowest BCUT2D eigenvalue weighted by Gasteiger charge is -2.13. The van der Waals surface area contributed by atoms with Gasteiger partial charge >= 0.3 is 5.69 Å². The van der Waals surface area contributed by atoms with Crippen molar-refractivity contribution in [2.24, 2.45) is 14.1 Å². The molecule has 0 amide bonds. The molecule has 1 aromatic carbocycles. The summed E-state index contributed by atoms with van der Waals surface area (Å²) in [7, 11) is 2.64. The summed E-state index contributed by atoms with van der Waals surface area (Å²) >= 11 is 0. The number of aliphatic hydroxyl groups is 1. The Kier molecular flexibility index (Phi) is 4.18. The molecule has 1 unspecified atom stereocenters. The molecule has 10 nitrogen and oxygen atoms in total. The van der Waals surface area contributed by atoms with Gasteiger partial charge in [-0.1, -0.05) is 0 Å². The van der Waals surface area contributed by atoms with Crippen molar-refractivity contribution >= 4 is 11.2 Å². The number of aromatic hydroxyl groups is 2. The molecular weight excluding hydrogens is 366 g/mol. The maximum absolute atomic E-state index is 12.6. The Labute approximate surface area is 165 Å². The van der Waals surface area contributed by atoms with E-state index in [2.05, 4.69) is 10.3 Å². The van der Waals surface area contributed by atoms with Gasteiger partial charge in [0.05, 0.1) is 12.4 Å². The van der Waals surface area contributed by atoms with Crippen molar-refractivity contribution in [1.82, 2.24) is 24.0 Å². The second-order valence-electron chi connectivity index (χ2n) is 6.18. The number of nitrogens with one attached hydrogen (secondary N) is 1. The van der Waals surface area contributed by atoms with E-state index in [0.717, 1.165) is 26.1 Å². The first-order valence-electron chi connectivity index (χ1n) is 10.3. The van der Waals surface area contributed by atoms with Gasteiger partial charge in [0.25, 0.3) is 5.56 Å². The maximum Gasteiger partial charge on any atom is 0.332 e. The zero-order valence-electron chi connectivity index (χ0n) is 19.2. The molecule has 0 saturated heterocycles. The molecule has 0 aliphatic heterocycles. The number of aliphatic hydroxyl groups excluding tert-OH is 1. The number of fused-ring (bicyclic) bond motifs is 1. The number of aromatic nitrogens is 4. The molecule has 0 fully saturated rings. The van der Waals surface area contributed by atoms with E-state index >= 15 is 0 Å². The predicted molar refractivity (Wildman–Crippen MR) is 102 cm³/mol. The van der Waals surface area contributed by atoms with Crippen LogP contribution in [0, 0.1) is 0 Å². The molecule has 10 heteroatoms. The van der Waals surface area contributed by atoms with Crippen LogP contribution in [0.3, 0.4) is 0 Å². The van der Waals surface area contributed by atoms with Crippen LogP contribution in [0.15, 0.2) is 34.1 Å². The first-order valence-corrected chi connectivity index (χ1v) is 8.33. The summed E-state index contributed by atoms with van der Waals surface area (Å²) in [4.78, 5) is 28.6. The quantitative estimate of drug-likeness (QED) is 0.427. The molecule has 4 N–H and O–H groups in total. The Morgan fingerprint density at radius 2 is 1.86 bits per heavy atom. The maximum atomic E-state index is 12.6. The first-order chi connectivity index (χ1) is 14.7. The summed E-state index contributed by atoms with van der Waals surface area (Å²) in [6, 6.07) is 3.49. The number of rotatable bonds is 7. The van der Waals surface area contributed by atoms with Crippen molar-refractivity contribution in [3.05, 3.63) is 50.9 Å². The molecule has 0 aliphatic carbocycles. The summed E-state index contributed by atoms with van der Waals surface area (Å²) in [6.45, 7) is -5.12. The van der Waals surface area contributed by atoms with Gasteiger partial charge in [0.15, 0.2) is 11.2 Å². The number of benzene rings is 1. The van der Waals surface area contributed by atoms with Crippen molar-refractivity contribution in [2.45, 2.75) is 19.0 Å². The Morgan fingerprint density at radius 1 is 1.18 bits per heavy atom.